The van der Waals surface area contributed by atoms with Gasteiger partial charge >= 0.3 is 0 Å². The molecule has 1 amide bonds. The predicted molar refractivity (Wildman–Crippen MR) is 79.7 cm³/mol. The van der Waals surface area contributed by atoms with Crippen LogP contribution in [-0.4, -0.2) is 33.9 Å². The maximum atomic E-state index is 12.6. The second-order valence-corrected chi connectivity index (χ2v) is 5.70. The minimum absolute atomic E-state index is 0.119. The van der Waals surface area contributed by atoms with Gasteiger partial charge in [-0.05, 0) is 31.0 Å². The van der Waals surface area contributed by atoms with E-state index in [-0.39, 0.29) is 5.91 Å². The standard InChI is InChI=1S/C16H21N3O/c1-19(13-6-4-2-3-5-7-13)16(20)12-8-9-14-15(10-12)18-11-17-14/h8-11,13H,2-7H2,1H3,(H,17,18). The quantitative estimate of drug-likeness (QED) is 0.851. The van der Waals surface area contributed by atoms with Gasteiger partial charge in [0.2, 0.25) is 0 Å². The van der Waals surface area contributed by atoms with E-state index in [9.17, 15) is 4.79 Å². The normalized spacial score (nSPS) is 17.1. The van der Waals surface area contributed by atoms with Crippen LogP contribution >= 0.6 is 0 Å². The van der Waals surface area contributed by atoms with Crippen LogP contribution in [0, 0.1) is 0 Å². The highest BCUT2D eigenvalue weighted by molar-refractivity contribution is 5.97. The van der Waals surface area contributed by atoms with E-state index in [1.165, 1.54) is 25.7 Å². The molecule has 0 atom stereocenters. The summed E-state index contributed by atoms with van der Waals surface area (Å²) in [6.45, 7) is 0. The molecule has 3 rings (SSSR count). The first-order valence-electron chi connectivity index (χ1n) is 7.46. The summed E-state index contributed by atoms with van der Waals surface area (Å²) >= 11 is 0. The van der Waals surface area contributed by atoms with Crippen LogP contribution in [0.5, 0.6) is 0 Å². The van der Waals surface area contributed by atoms with Crippen molar-refractivity contribution in [3.63, 3.8) is 0 Å². The number of imidazole rings is 1. The first kappa shape index (κ1) is 13.2. The van der Waals surface area contributed by atoms with E-state index in [0.717, 1.165) is 29.4 Å². The topological polar surface area (TPSA) is 49.0 Å². The second-order valence-electron chi connectivity index (χ2n) is 5.70. The smallest absolute Gasteiger partial charge is 0.253 e. The largest absolute Gasteiger partial charge is 0.345 e. The van der Waals surface area contributed by atoms with Gasteiger partial charge < -0.3 is 9.88 Å². The van der Waals surface area contributed by atoms with Crippen molar-refractivity contribution in [2.75, 3.05) is 7.05 Å². The zero-order valence-electron chi connectivity index (χ0n) is 11.9. The maximum Gasteiger partial charge on any atom is 0.253 e. The van der Waals surface area contributed by atoms with Crippen molar-refractivity contribution in [3.8, 4) is 0 Å². The molecule has 1 aromatic heterocycles. The highest BCUT2D eigenvalue weighted by atomic mass is 16.2. The Kier molecular flexibility index (Phi) is 3.72. The SMILES string of the molecule is CN(C(=O)c1ccc2nc[nH]c2c1)C1CCCCCC1. The molecule has 0 aliphatic heterocycles. The zero-order valence-corrected chi connectivity index (χ0v) is 11.9. The number of aromatic nitrogens is 2. The Balaban J connectivity index is 1.79. The molecular formula is C16H21N3O. The monoisotopic (exact) mass is 271 g/mol. The van der Waals surface area contributed by atoms with Gasteiger partial charge in [-0.2, -0.15) is 0 Å². The first-order chi connectivity index (χ1) is 9.75. The molecule has 1 aromatic carbocycles. The molecule has 1 aliphatic carbocycles. The summed E-state index contributed by atoms with van der Waals surface area (Å²) < 4.78 is 0. The van der Waals surface area contributed by atoms with E-state index >= 15 is 0 Å². The van der Waals surface area contributed by atoms with Crippen molar-refractivity contribution in [3.05, 3.63) is 30.1 Å². The van der Waals surface area contributed by atoms with Gasteiger partial charge in [-0.1, -0.05) is 25.7 Å². The third kappa shape index (κ3) is 2.55. The molecule has 0 spiro atoms. The number of benzene rings is 1. The fourth-order valence-corrected chi connectivity index (χ4v) is 3.08. The van der Waals surface area contributed by atoms with Crippen LogP contribution < -0.4 is 0 Å². The van der Waals surface area contributed by atoms with E-state index < -0.39 is 0 Å². The van der Waals surface area contributed by atoms with Crippen LogP contribution in [0.3, 0.4) is 0 Å². The zero-order chi connectivity index (χ0) is 13.9. The van der Waals surface area contributed by atoms with Crippen molar-refractivity contribution in [2.45, 2.75) is 44.6 Å². The third-order valence-corrected chi connectivity index (χ3v) is 4.36. The van der Waals surface area contributed by atoms with E-state index in [2.05, 4.69) is 9.97 Å². The number of hydrogen-bond acceptors (Lipinski definition) is 2. The van der Waals surface area contributed by atoms with E-state index in [1.54, 1.807) is 6.33 Å². The first-order valence-corrected chi connectivity index (χ1v) is 7.46. The van der Waals surface area contributed by atoms with Gasteiger partial charge in [0, 0.05) is 18.7 Å². The average Bonchev–Trinajstić information content (AvgIpc) is 2.77. The Labute approximate surface area is 119 Å². The highest BCUT2D eigenvalue weighted by Gasteiger charge is 2.22. The third-order valence-electron chi connectivity index (χ3n) is 4.36. The molecule has 4 heteroatoms. The Hall–Kier alpha value is -1.84. The number of carbonyl (C=O) groups is 1. The number of H-pyrrole nitrogens is 1. The average molecular weight is 271 g/mol. The molecule has 1 aliphatic rings. The van der Waals surface area contributed by atoms with E-state index in [4.69, 9.17) is 0 Å². The molecule has 2 aromatic rings. The maximum absolute atomic E-state index is 12.6. The molecule has 1 saturated carbocycles. The van der Waals surface area contributed by atoms with Crippen molar-refractivity contribution >= 4 is 16.9 Å². The lowest BCUT2D eigenvalue weighted by atomic mass is 10.1. The Morgan fingerprint density at radius 3 is 2.75 bits per heavy atom. The molecule has 0 bridgehead atoms. The lowest BCUT2D eigenvalue weighted by Gasteiger charge is -2.27. The molecule has 1 N–H and O–H groups in total. The van der Waals surface area contributed by atoms with Crippen LogP contribution in [0.4, 0.5) is 0 Å². The van der Waals surface area contributed by atoms with Gasteiger partial charge in [0.15, 0.2) is 0 Å². The summed E-state index contributed by atoms with van der Waals surface area (Å²) in [6.07, 6.45) is 9.01. The predicted octanol–water partition coefficient (Wildman–Crippen LogP) is 3.36. The fraction of sp³-hybridized carbons (Fsp3) is 0.500. The molecule has 0 unspecified atom stereocenters. The highest BCUT2D eigenvalue weighted by Crippen LogP contribution is 2.23. The number of nitrogens with zero attached hydrogens (tertiary/aromatic N) is 2. The Bertz CT molecular complexity index is 597. The molecular weight excluding hydrogens is 250 g/mol. The Morgan fingerprint density at radius 1 is 1.25 bits per heavy atom. The van der Waals surface area contributed by atoms with Gasteiger partial charge in [-0.25, -0.2) is 4.98 Å². The van der Waals surface area contributed by atoms with Crippen LogP contribution in [0.15, 0.2) is 24.5 Å². The van der Waals surface area contributed by atoms with Crippen LogP contribution in [0.1, 0.15) is 48.9 Å². The van der Waals surface area contributed by atoms with E-state index in [0.29, 0.717) is 6.04 Å². The number of nitrogens with one attached hydrogen (secondary N) is 1. The second kappa shape index (κ2) is 5.65. The number of rotatable bonds is 2. The minimum atomic E-state index is 0.119. The van der Waals surface area contributed by atoms with Crippen molar-refractivity contribution in [1.82, 2.24) is 14.9 Å². The molecule has 0 radical (unpaired) electrons. The lowest BCUT2D eigenvalue weighted by molar-refractivity contribution is 0.0718. The van der Waals surface area contributed by atoms with Crippen LogP contribution in [-0.2, 0) is 0 Å². The summed E-state index contributed by atoms with van der Waals surface area (Å²) in [5.41, 5.74) is 2.57. The van der Waals surface area contributed by atoms with Crippen LogP contribution in [0.25, 0.3) is 11.0 Å². The van der Waals surface area contributed by atoms with Crippen LogP contribution in [0.2, 0.25) is 0 Å². The van der Waals surface area contributed by atoms with Gasteiger partial charge in [0.25, 0.3) is 5.91 Å². The molecule has 0 saturated heterocycles. The summed E-state index contributed by atoms with van der Waals surface area (Å²) in [4.78, 5) is 21.8. The van der Waals surface area contributed by atoms with Gasteiger partial charge in [0.05, 0.1) is 17.4 Å². The molecule has 4 nitrogen and oxygen atoms in total. The molecule has 20 heavy (non-hydrogen) atoms. The summed E-state index contributed by atoms with van der Waals surface area (Å²) in [5.74, 6) is 0.119. The van der Waals surface area contributed by atoms with Gasteiger partial charge in [-0.3, -0.25) is 4.79 Å². The van der Waals surface area contributed by atoms with Crippen molar-refractivity contribution < 1.29 is 4.79 Å². The molecule has 1 heterocycles. The summed E-state index contributed by atoms with van der Waals surface area (Å²) in [6, 6.07) is 6.07. The van der Waals surface area contributed by atoms with E-state index in [1.807, 2.05) is 30.1 Å². The molecule has 106 valence electrons. The number of carbonyl (C=O) groups excluding carboxylic acids is 1. The Morgan fingerprint density at radius 2 is 2.00 bits per heavy atom. The fourth-order valence-electron chi connectivity index (χ4n) is 3.08. The summed E-state index contributed by atoms with van der Waals surface area (Å²) in [7, 11) is 1.94. The van der Waals surface area contributed by atoms with Crippen molar-refractivity contribution in [2.24, 2.45) is 0 Å². The lowest BCUT2D eigenvalue weighted by Crippen LogP contribution is -2.36. The molecule has 1 fully saturated rings. The number of hydrogen-bond donors (Lipinski definition) is 1. The van der Waals surface area contributed by atoms with Crippen molar-refractivity contribution in [1.29, 1.82) is 0 Å². The number of aromatic amines is 1. The number of amides is 1. The minimum Gasteiger partial charge on any atom is -0.345 e. The number of fused-ring (bicyclic) bond motifs is 1. The van der Waals surface area contributed by atoms with Gasteiger partial charge in [0.1, 0.15) is 0 Å². The van der Waals surface area contributed by atoms with Gasteiger partial charge in [-0.15, -0.1) is 0 Å². The summed E-state index contributed by atoms with van der Waals surface area (Å²) in [5, 5.41) is 0.